The van der Waals surface area contributed by atoms with Crippen LogP contribution in [0, 0.1) is 0 Å². The van der Waals surface area contributed by atoms with Crippen LogP contribution in [0.2, 0.25) is 0 Å². The highest BCUT2D eigenvalue weighted by atomic mass is 32.2. The Morgan fingerprint density at radius 3 is 2.17 bits per heavy atom. The van der Waals surface area contributed by atoms with E-state index in [-0.39, 0.29) is 6.04 Å². The minimum Gasteiger partial charge on any atom is -0.312 e. The third kappa shape index (κ3) is 9.65. The van der Waals surface area contributed by atoms with E-state index in [1.807, 2.05) is 13.8 Å². The fraction of sp³-hybridized carbons (Fsp3) is 1.00. The van der Waals surface area contributed by atoms with E-state index in [0.29, 0.717) is 18.5 Å². The minimum atomic E-state index is -4.01. The second kappa shape index (κ2) is 10.6. The van der Waals surface area contributed by atoms with Gasteiger partial charge >= 0.3 is 0 Å². The fourth-order valence-electron chi connectivity index (χ4n) is 3.40. The fourth-order valence-corrected chi connectivity index (χ4v) is 4.31. The van der Waals surface area contributed by atoms with Crippen LogP contribution in [-0.4, -0.2) is 36.5 Å². The standard InChI is InChI=1S/C17H36N2O3S/c1-14(2)18-17(23(20,21)22)13-9-4-6-10-15(3)19-16-11-7-5-8-12-16/h14-19H,4-13H2,1-3H3,(H,20,21,22). The van der Waals surface area contributed by atoms with Gasteiger partial charge in [0, 0.05) is 18.1 Å². The Morgan fingerprint density at radius 2 is 1.61 bits per heavy atom. The Hall–Kier alpha value is -0.170. The lowest BCUT2D eigenvalue weighted by Crippen LogP contribution is -2.40. The van der Waals surface area contributed by atoms with Crippen LogP contribution < -0.4 is 10.6 Å². The molecule has 1 aliphatic carbocycles. The molecule has 6 heteroatoms. The maximum Gasteiger partial charge on any atom is 0.281 e. The van der Waals surface area contributed by atoms with E-state index in [0.717, 1.165) is 25.7 Å². The molecule has 0 aromatic rings. The molecule has 138 valence electrons. The molecule has 1 fully saturated rings. The monoisotopic (exact) mass is 348 g/mol. The Morgan fingerprint density at radius 1 is 1.00 bits per heavy atom. The van der Waals surface area contributed by atoms with Crippen LogP contribution in [0.25, 0.3) is 0 Å². The quantitative estimate of drug-likeness (QED) is 0.394. The van der Waals surface area contributed by atoms with Gasteiger partial charge in [0.25, 0.3) is 10.1 Å². The molecule has 2 atom stereocenters. The summed E-state index contributed by atoms with van der Waals surface area (Å²) in [5.41, 5.74) is 0. The van der Waals surface area contributed by atoms with Crippen molar-refractivity contribution in [2.45, 2.75) is 108 Å². The number of rotatable bonds is 11. The van der Waals surface area contributed by atoms with Gasteiger partial charge in [0.2, 0.25) is 0 Å². The van der Waals surface area contributed by atoms with Crippen molar-refractivity contribution in [2.24, 2.45) is 0 Å². The first-order valence-corrected chi connectivity index (χ1v) is 10.8. The van der Waals surface area contributed by atoms with Gasteiger partial charge in [-0.1, -0.05) is 38.5 Å². The summed E-state index contributed by atoms with van der Waals surface area (Å²) in [7, 11) is -4.01. The van der Waals surface area contributed by atoms with Gasteiger partial charge in [0.05, 0.1) is 0 Å². The summed E-state index contributed by atoms with van der Waals surface area (Å²) in [6.07, 6.45) is 11.2. The normalized spacial score (nSPS) is 19.9. The molecule has 0 bridgehead atoms. The highest BCUT2D eigenvalue weighted by Crippen LogP contribution is 2.19. The molecule has 0 amide bonds. The van der Waals surface area contributed by atoms with Crippen LogP contribution in [0.4, 0.5) is 0 Å². The van der Waals surface area contributed by atoms with E-state index in [4.69, 9.17) is 0 Å². The molecule has 0 heterocycles. The predicted octanol–water partition coefficient (Wildman–Crippen LogP) is 3.46. The van der Waals surface area contributed by atoms with Crippen LogP contribution in [0.15, 0.2) is 0 Å². The minimum absolute atomic E-state index is 0.0432. The van der Waals surface area contributed by atoms with Crippen LogP contribution in [0.1, 0.15) is 85.0 Å². The van der Waals surface area contributed by atoms with Crippen molar-refractivity contribution in [3.8, 4) is 0 Å². The molecule has 0 saturated heterocycles. The molecule has 1 rings (SSSR count). The Bertz CT molecular complexity index is 406. The molecular weight excluding hydrogens is 312 g/mol. The lowest BCUT2D eigenvalue weighted by Gasteiger charge is -2.26. The average molecular weight is 349 g/mol. The molecule has 23 heavy (non-hydrogen) atoms. The zero-order valence-electron chi connectivity index (χ0n) is 15.1. The largest absolute Gasteiger partial charge is 0.312 e. The van der Waals surface area contributed by atoms with Gasteiger partial charge < -0.3 is 5.32 Å². The Kier molecular flexibility index (Phi) is 9.66. The lowest BCUT2D eigenvalue weighted by molar-refractivity contribution is 0.332. The summed E-state index contributed by atoms with van der Waals surface area (Å²) >= 11 is 0. The van der Waals surface area contributed by atoms with E-state index in [2.05, 4.69) is 17.6 Å². The van der Waals surface area contributed by atoms with Crippen molar-refractivity contribution in [1.29, 1.82) is 0 Å². The van der Waals surface area contributed by atoms with E-state index in [9.17, 15) is 13.0 Å². The van der Waals surface area contributed by atoms with Crippen LogP contribution in [-0.2, 0) is 10.1 Å². The van der Waals surface area contributed by atoms with Gasteiger partial charge in [0.15, 0.2) is 0 Å². The maximum atomic E-state index is 11.3. The molecule has 5 nitrogen and oxygen atoms in total. The summed E-state index contributed by atoms with van der Waals surface area (Å²) in [6.45, 7) is 6.02. The molecule has 0 aromatic heterocycles. The topological polar surface area (TPSA) is 78.4 Å². The molecule has 0 aliphatic heterocycles. The van der Waals surface area contributed by atoms with Crippen molar-refractivity contribution >= 4 is 10.1 Å². The summed E-state index contributed by atoms with van der Waals surface area (Å²) in [5.74, 6) is 0. The van der Waals surface area contributed by atoms with Crippen molar-refractivity contribution in [1.82, 2.24) is 10.6 Å². The average Bonchev–Trinajstić information content (AvgIpc) is 2.45. The molecule has 1 saturated carbocycles. The van der Waals surface area contributed by atoms with Gasteiger partial charge in [-0.15, -0.1) is 0 Å². The first-order valence-electron chi connectivity index (χ1n) is 9.27. The smallest absolute Gasteiger partial charge is 0.281 e. The second-order valence-electron chi connectivity index (χ2n) is 7.37. The molecule has 3 N–H and O–H groups in total. The van der Waals surface area contributed by atoms with Crippen LogP contribution in [0.3, 0.4) is 0 Å². The van der Waals surface area contributed by atoms with Gasteiger partial charge in [-0.25, -0.2) is 0 Å². The molecule has 2 unspecified atom stereocenters. The van der Waals surface area contributed by atoms with Gasteiger partial charge in [-0.05, 0) is 46.5 Å². The number of unbranched alkanes of at least 4 members (excludes halogenated alkanes) is 2. The number of hydrogen-bond acceptors (Lipinski definition) is 4. The summed E-state index contributed by atoms with van der Waals surface area (Å²) in [5, 5.41) is 5.81. The third-order valence-corrected chi connectivity index (χ3v) is 5.70. The highest BCUT2D eigenvalue weighted by Gasteiger charge is 2.22. The number of nitrogens with one attached hydrogen (secondary N) is 2. The molecule has 0 aromatic carbocycles. The Balaban J connectivity index is 2.15. The lowest BCUT2D eigenvalue weighted by atomic mass is 9.94. The summed E-state index contributed by atoms with van der Waals surface area (Å²) in [6, 6.07) is 1.27. The molecule has 0 radical (unpaired) electrons. The highest BCUT2D eigenvalue weighted by molar-refractivity contribution is 7.86. The van der Waals surface area contributed by atoms with Crippen LogP contribution >= 0.6 is 0 Å². The molecular formula is C17H36N2O3S. The van der Waals surface area contributed by atoms with Crippen LogP contribution in [0.5, 0.6) is 0 Å². The first kappa shape index (κ1) is 20.9. The zero-order valence-corrected chi connectivity index (χ0v) is 15.9. The van der Waals surface area contributed by atoms with Gasteiger partial charge in [0.1, 0.15) is 5.37 Å². The van der Waals surface area contributed by atoms with Crippen molar-refractivity contribution in [2.75, 3.05) is 0 Å². The first-order chi connectivity index (χ1) is 10.8. The maximum absolute atomic E-state index is 11.3. The van der Waals surface area contributed by atoms with Crippen molar-refractivity contribution in [3.05, 3.63) is 0 Å². The number of hydrogen-bond donors (Lipinski definition) is 3. The van der Waals surface area contributed by atoms with Gasteiger partial charge in [-0.3, -0.25) is 9.87 Å². The van der Waals surface area contributed by atoms with E-state index in [1.165, 1.54) is 32.1 Å². The second-order valence-corrected chi connectivity index (χ2v) is 8.96. The van der Waals surface area contributed by atoms with Crippen molar-refractivity contribution < 1.29 is 13.0 Å². The summed E-state index contributed by atoms with van der Waals surface area (Å²) < 4.78 is 31.9. The molecule has 0 spiro atoms. The predicted molar refractivity (Wildman–Crippen MR) is 96.2 cm³/mol. The SMILES string of the molecule is CC(C)NC(CCCCCC(C)NC1CCCCC1)S(=O)(=O)O. The van der Waals surface area contributed by atoms with Gasteiger partial charge in [-0.2, -0.15) is 8.42 Å². The Labute approximate surface area is 142 Å². The van der Waals surface area contributed by atoms with E-state index in [1.54, 1.807) is 0 Å². The molecule has 1 aliphatic rings. The summed E-state index contributed by atoms with van der Waals surface area (Å²) in [4.78, 5) is 0. The van der Waals surface area contributed by atoms with E-state index < -0.39 is 15.5 Å². The third-order valence-electron chi connectivity index (χ3n) is 4.61. The zero-order chi connectivity index (χ0) is 17.3. The van der Waals surface area contributed by atoms with Crippen molar-refractivity contribution in [3.63, 3.8) is 0 Å². The van der Waals surface area contributed by atoms with E-state index >= 15 is 0 Å².